The zero-order chi connectivity index (χ0) is 20.5. The summed E-state index contributed by atoms with van der Waals surface area (Å²) >= 11 is 0. The van der Waals surface area contributed by atoms with Gasteiger partial charge in [-0.25, -0.2) is 9.98 Å². The van der Waals surface area contributed by atoms with Crippen LogP contribution in [-0.4, -0.2) is 37.2 Å². The van der Waals surface area contributed by atoms with Gasteiger partial charge >= 0.3 is 6.61 Å². The number of aromatic nitrogens is 1. The van der Waals surface area contributed by atoms with E-state index in [2.05, 4.69) is 30.2 Å². The van der Waals surface area contributed by atoms with Crippen molar-refractivity contribution in [1.29, 1.82) is 0 Å². The van der Waals surface area contributed by atoms with Crippen LogP contribution >= 0.6 is 0 Å². The van der Waals surface area contributed by atoms with E-state index in [0.29, 0.717) is 31.2 Å². The van der Waals surface area contributed by atoms with Crippen molar-refractivity contribution in [2.24, 2.45) is 4.99 Å². The fourth-order valence-electron chi connectivity index (χ4n) is 3.20. The molecular formula is C21H27F2N5O. The van der Waals surface area contributed by atoms with Gasteiger partial charge in [-0.2, -0.15) is 8.78 Å². The lowest BCUT2D eigenvalue weighted by molar-refractivity contribution is -0.0504. The Labute approximate surface area is 170 Å². The summed E-state index contributed by atoms with van der Waals surface area (Å²) < 4.78 is 29.7. The maximum absolute atomic E-state index is 12.6. The van der Waals surface area contributed by atoms with Crippen molar-refractivity contribution in [1.82, 2.24) is 15.6 Å². The van der Waals surface area contributed by atoms with Crippen LogP contribution in [0.25, 0.3) is 0 Å². The lowest BCUT2D eigenvalue weighted by Crippen LogP contribution is -2.36. The van der Waals surface area contributed by atoms with Crippen LogP contribution in [0.2, 0.25) is 0 Å². The molecule has 0 spiro atoms. The van der Waals surface area contributed by atoms with E-state index >= 15 is 0 Å². The van der Waals surface area contributed by atoms with Crippen LogP contribution in [0.5, 0.6) is 5.75 Å². The van der Waals surface area contributed by atoms with Gasteiger partial charge in [-0.05, 0) is 37.5 Å². The molecule has 1 aromatic carbocycles. The molecule has 1 aliphatic heterocycles. The smallest absolute Gasteiger partial charge is 0.387 e. The van der Waals surface area contributed by atoms with E-state index in [4.69, 9.17) is 0 Å². The lowest BCUT2D eigenvalue weighted by atomic mass is 10.2. The SMILES string of the molecule is CCNC(=NCc1ccc(N2CCCC2)nc1)NCc1ccccc1OC(F)F. The van der Waals surface area contributed by atoms with Crippen molar-refractivity contribution < 1.29 is 13.5 Å². The van der Waals surface area contributed by atoms with E-state index in [1.165, 1.54) is 18.9 Å². The molecule has 2 heterocycles. The number of anilines is 1. The molecule has 0 aliphatic carbocycles. The van der Waals surface area contributed by atoms with Gasteiger partial charge in [-0.1, -0.05) is 24.3 Å². The number of nitrogens with one attached hydrogen (secondary N) is 2. The van der Waals surface area contributed by atoms with Gasteiger partial charge in [-0.3, -0.25) is 0 Å². The molecule has 1 fully saturated rings. The average Bonchev–Trinajstić information content (AvgIpc) is 3.26. The molecule has 0 bridgehead atoms. The number of nitrogens with zero attached hydrogens (tertiary/aromatic N) is 3. The molecule has 6 nitrogen and oxygen atoms in total. The molecule has 29 heavy (non-hydrogen) atoms. The summed E-state index contributed by atoms with van der Waals surface area (Å²) in [7, 11) is 0. The number of alkyl halides is 2. The van der Waals surface area contributed by atoms with Crippen LogP contribution in [0.15, 0.2) is 47.6 Å². The summed E-state index contributed by atoms with van der Waals surface area (Å²) in [6.45, 7) is 2.73. The minimum atomic E-state index is -2.85. The number of aliphatic imine (C=N–C) groups is 1. The second-order valence-corrected chi connectivity index (χ2v) is 6.75. The van der Waals surface area contributed by atoms with E-state index < -0.39 is 6.61 Å². The number of benzene rings is 1. The maximum Gasteiger partial charge on any atom is 0.387 e. The van der Waals surface area contributed by atoms with Crippen molar-refractivity contribution in [3.05, 3.63) is 53.7 Å². The molecule has 0 radical (unpaired) electrons. The van der Waals surface area contributed by atoms with Crippen LogP contribution in [0.1, 0.15) is 30.9 Å². The molecule has 1 aromatic heterocycles. The predicted molar refractivity (Wildman–Crippen MR) is 110 cm³/mol. The van der Waals surface area contributed by atoms with Gasteiger partial charge in [0.15, 0.2) is 5.96 Å². The molecule has 0 saturated carbocycles. The predicted octanol–water partition coefficient (Wildman–Crippen LogP) is 3.54. The van der Waals surface area contributed by atoms with Crippen LogP contribution in [0.4, 0.5) is 14.6 Å². The van der Waals surface area contributed by atoms with E-state index in [1.807, 2.05) is 25.3 Å². The minimum Gasteiger partial charge on any atom is -0.434 e. The molecule has 0 unspecified atom stereocenters. The number of hydrogen-bond donors (Lipinski definition) is 2. The number of guanidine groups is 1. The number of rotatable bonds is 8. The zero-order valence-corrected chi connectivity index (χ0v) is 16.6. The summed E-state index contributed by atoms with van der Waals surface area (Å²) in [5.41, 5.74) is 1.64. The Balaban J connectivity index is 1.60. The fourth-order valence-corrected chi connectivity index (χ4v) is 3.20. The number of para-hydroxylation sites is 1. The minimum absolute atomic E-state index is 0.160. The molecule has 8 heteroatoms. The normalized spacial score (nSPS) is 14.3. The summed E-state index contributed by atoms with van der Waals surface area (Å²) in [5, 5.41) is 6.32. The largest absolute Gasteiger partial charge is 0.434 e. The second-order valence-electron chi connectivity index (χ2n) is 6.75. The first-order valence-corrected chi connectivity index (χ1v) is 9.90. The van der Waals surface area contributed by atoms with Gasteiger partial charge in [0.2, 0.25) is 0 Å². The number of pyridine rings is 1. The molecule has 2 aromatic rings. The molecular weight excluding hydrogens is 376 g/mol. The van der Waals surface area contributed by atoms with Crippen LogP contribution in [0.3, 0.4) is 0 Å². The molecule has 1 aliphatic rings. The highest BCUT2D eigenvalue weighted by molar-refractivity contribution is 5.79. The third-order valence-corrected chi connectivity index (χ3v) is 4.64. The van der Waals surface area contributed by atoms with E-state index in [9.17, 15) is 8.78 Å². The van der Waals surface area contributed by atoms with Gasteiger partial charge in [0.1, 0.15) is 11.6 Å². The van der Waals surface area contributed by atoms with Crippen molar-refractivity contribution in [3.63, 3.8) is 0 Å². The van der Waals surface area contributed by atoms with E-state index in [-0.39, 0.29) is 5.75 Å². The summed E-state index contributed by atoms with van der Waals surface area (Å²) in [6, 6.07) is 10.8. The van der Waals surface area contributed by atoms with Crippen molar-refractivity contribution in [3.8, 4) is 5.75 Å². The topological polar surface area (TPSA) is 61.8 Å². The number of hydrogen-bond acceptors (Lipinski definition) is 4. The third-order valence-electron chi connectivity index (χ3n) is 4.64. The van der Waals surface area contributed by atoms with Crippen LogP contribution in [-0.2, 0) is 13.1 Å². The number of ether oxygens (including phenoxy) is 1. The van der Waals surface area contributed by atoms with Crippen LogP contribution in [0, 0.1) is 0 Å². The van der Waals surface area contributed by atoms with E-state index in [1.54, 1.807) is 18.2 Å². The number of halogens is 2. The fraction of sp³-hybridized carbons (Fsp3) is 0.429. The van der Waals surface area contributed by atoms with Crippen molar-refractivity contribution >= 4 is 11.8 Å². The molecule has 0 atom stereocenters. The Kier molecular flexibility index (Phi) is 7.61. The Morgan fingerprint density at radius 3 is 2.66 bits per heavy atom. The highest BCUT2D eigenvalue weighted by atomic mass is 19.3. The third kappa shape index (κ3) is 6.30. The lowest BCUT2D eigenvalue weighted by Gasteiger charge is -2.16. The molecule has 156 valence electrons. The first-order chi connectivity index (χ1) is 14.2. The highest BCUT2D eigenvalue weighted by Gasteiger charge is 2.13. The monoisotopic (exact) mass is 403 g/mol. The second kappa shape index (κ2) is 10.6. The first kappa shape index (κ1) is 20.8. The van der Waals surface area contributed by atoms with Gasteiger partial charge in [0, 0.05) is 37.9 Å². The van der Waals surface area contributed by atoms with Gasteiger partial charge < -0.3 is 20.3 Å². The first-order valence-electron chi connectivity index (χ1n) is 9.90. The average molecular weight is 403 g/mol. The Bertz CT molecular complexity index is 792. The van der Waals surface area contributed by atoms with Gasteiger partial charge in [0.25, 0.3) is 0 Å². The van der Waals surface area contributed by atoms with Crippen molar-refractivity contribution in [2.75, 3.05) is 24.5 Å². The summed E-state index contributed by atoms with van der Waals surface area (Å²) in [4.78, 5) is 11.4. The summed E-state index contributed by atoms with van der Waals surface area (Å²) in [6.07, 6.45) is 4.29. The molecule has 0 amide bonds. The Hall–Kier alpha value is -2.90. The molecule has 1 saturated heterocycles. The Morgan fingerprint density at radius 2 is 1.97 bits per heavy atom. The van der Waals surface area contributed by atoms with Crippen LogP contribution < -0.4 is 20.3 Å². The van der Waals surface area contributed by atoms with Crippen molar-refractivity contribution in [2.45, 2.75) is 39.5 Å². The summed E-state index contributed by atoms with van der Waals surface area (Å²) in [5.74, 6) is 1.77. The van der Waals surface area contributed by atoms with Gasteiger partial charge in [0.05, 0.1) is 6.54 Å². The molecule has 3 rings (SSSR count). The zero-order valence-electron chi connectivity index (χ0n) is 16.6. The highest BCUT2D eigenvalue weighted by Crippen LogP contribution is 2.20. The van der Waals surface area contributed by atoms with Gasteiger partial charge in [-0.15, -0.1) is 0 Å². The standard InChI is InChI=1S/C21H27F2N5O/c1-2-24-21(27-15-17-7-3-4-8-18(17)29-20(22)23)26-14-16-9-10-19(25-13-16)28-11-5-6-12-28/h3-4,7-10,13,20H,2,5-6,11-12,14-15H2,1H3,(H2,24,26,27). The molecule has 2 N–H and O–H groups in total. The van der Waals surface area contributed by atoms with E-state index in [0.717, 1.165) is 24.5 Å². The maximum atomic E-state index is 12.6. The Morgan fingerprint density at radius 1 is 1.17 bits per heavy atom. The quantitative estimate of drug-likeness (QED) is 0.522.